The molecule has 94 valence electrons. The molecule has 1 aliphatic heterocycles. The Morgan fingerprint density at radius 2 is 2.19 bits per heavy atom. The molecule has 0 aromatic carbocycles. The van der Waals surface area contributed by atoms with Gasteiger partial charge in [-0.05, 0) is 46.6 Å². The summed E-state index contributed by atoms with van der Waals surface area (Å²) in [6.45, 7) is 12.5. The summed E-state index contributed by atoms with van der Waals surface area (Å²) in [4.78, 5) is 2.59. The maximum atomic E-state index is 3.65. The van der Waals surface area contributed by atoms with E-state index in [1.54, 1.807) is 0 Å². The number of piperidine rings is 1. The van der Waals surface area contributed by atoms with Crippen molar-refractivity contribution in [1.82, 2.24) is 10.2 Å². The van der Waals surface area contributed by atoms with E-state index in [0.29, 0.717) is 0 Å². The normalized spacial score (nSPS) is 26.8. The second-order valence-corrected chi connectivity index (χ2v) is 5.30. The molecule has 0 spiro atoms. The molecule has 1 saturated heterocycles. The van der Waals surface area contributed by atoms with Gasteiger partial charge in [0.2, 0.25) is 0 Å². The minimum Gasteiger partial charge on any atom is -0.314 e. The molecule has 0 aliphatic carbocycles. The fourth-order valence-electron chi connectivity index (χ4n) is 2.33. The third-order valence-corrected chi connectivity index (χ3v) is 3.43. The van der Waals surface area contributed by atoms with E-state index >= 15 is 0 Å². The fourth-order valence-corrected chi connectivity index (χ4v) is 2.33. The van der Waals surface area contributed by atoms with Gasteiger partial charge in [-0.1, -0.05) is 18.6 Å². The topological polar surface area (TPSA) is 15.3 Å². The number of allylic oxidation sites excluding steroid dienone is 1. The van der Waals surface area contributed by atoms with E-state index in [0.717, 1.165) is 18.6 Å². The van der Waals surface area contributed by atoms with E-state index < -0.39 is 0 Å². The highest BCUT2D eigenvalue weighted by Crippen LogP contribution is 2.17. The summed E-state index contributed by atoms with van der Waals surface area (Å²) in [5.74, 6) is 0. The third-order valence-electron chi connectivity index (χ3n) is 3.43. The number of rotatable bonds is 5. The quantitative estimate of drug-likeness (QED) is 0.722. The Balaban J connectivity index is 2.31. The zero-order valence-corrected chi connectivity index (χ0v) is 11.4. The highest BCUT2D eigenvalue weighted by Gasteiger charge is 2.23. The van der Waals surface area contributed by atoms with Gasteiger partial charge in [0.05, 0.1) is 0 Å². The number of nitrogens with zero attached hydrogens (tertiary/aromatic N) is 1. The molecule has 0 amide bonds. The van der Waals surface area contributed by atoms with Gasteiger partial charge in [-0.15, -0.1) is 0 Å². The summed E-state index contributed by atoms with van der Waals surface area (Å²) >= 11 is 0. The van der Waals surface area contributed by atoms with Gasteiger partial charge in [-0.3, -0.25) is 4.90 Å². The van der Waals surface area contributed by atoms with Crippen molar-refractivity contribution in [3.8, 4) is 0 Å². The van der Waals surface area contributed by atoms with E-state index in [9.17, 15) is 0 Å². The highest BCUT2D eigenvalue weighted by molar-refractivity contribution is 4.96. The molecule has 1 aliphatic rings. The highest BCUT2D eigenvalue weighted by atomic mass is 15.2. The summed E-state index contributed by atoms with van der Waals surface area (Å²) in [5.41, 5.74) is 1.43. The smallest absolute Gasteiger partial charge is 0.0168 e. The van der Waals surface area contributed by atoms with Crippen LogP contribution in [0.1, 0.15) is 47.0 Å². The van der Waals surface area contributed by atoms with Crippen molar-refractivity contribution in [3.05, 3.63) is 11.6 Å². The van der Waals surface area contributed by atoms with Crippen molar-refractivity contribution in [3.63, 3.8) is 0 Å². The predicted octanol–water partition coefficient (Wildman–Crippen LogP) is 2.81. The lowest BCUT2D eigenvalue weighted by molar-refractivity contribution is 0.151. The van der Waals surface area contributed by atoms with E-state index in [4.69, 9.17) is 0 Å². The summed E-state index contributed by atoms with van der Waals surface area (Å²) in [6.07, 6.45) is 6.19. The first-order valence-corrected chi connectivity index (χ1v) is 6.74. The van der Waals surface area contributed by atoms with Gasteiger partial charge in [0.25, 0.3) is 0 Å². The van der Waals surface area contributed by atoms with Crippen molar-refractivity contribution in [2.45, 2.75) is 59.0 Å². The average Bonchev–Trinajstić information content (AvgIpc) is 2.24. The van der Waals surface area contributed by atoms with Crippen molar-refractivity contribution in [2.75, 3.05) is 19.6 Å². The fraction of sp³-hybridized carbons (Fsp3) is 0.857. The Morgan fingerprint density at radius 3 is 2.75 bits per heavy atom. The molecule has 1 fully saturated rings. The van der Waals surface area contributed by atoms with E-state index in [2.05, 4.69) is 44.0 Å². The molecule has 2 heteroatoms. The molecule has 0 aromatic heterocycles. The number of hydrogen-bond donors (Lipinski definition) is 1. The van der Waals surface area contributed by atoms with Gasteiger partial charge >= 0.3 is 0 Å². The van der Waals surface area contributed by atoms with E-state index in [1.165, 1.54) is 37.9 Å². The van der Waals surface area contributed by atoms with Crippen LogP contribution >= 0.6 is 0 Å². The molecule has 16 heavy (non-hydrogen) atoms. The molecular formula is C14H28N2. The minimum atomic E-state index is 0.721. The monoisotopic (exact) mass is 224 g/mol. The first-order valence-electron chi connectivity index (χ1n) is 6.74. The summed E-state index contributed by atoms with van der Waals surface area (Å²) < 4.78 is 0. The van der Waals surface area contributed by atoms with Crippen LogP contribution in [-0.2, 0) is 0 Å². The predicted molar refractivity (Wildman–Crippen MR) is 71.8 cm³/mol. The molecule has 2 unspecified atom stereocenters. The standard InChI is InChI=1S/C14H28N2/c1-5-8-15-14-7-10-16(13(4)11-14)9-6-12(2)3/h6,13-15H,5,7-11H2,1-4H3. The van der Waals surface area contributed by atoms with E-state index in [1.807, 2.05) is 0 Å². The zero-order chi connectivity index (χ0) is 12.0. The van der Waals surface area contributed by atoms with Crippen LogP contribution in [0.4, 0.5) is 0 Å². The van der Waals surface area contributed by atoms with Gasteiger partial charge in [0, 0.05) is 25.2 Å². The minimum absolute atomic E-state index is 0.721. The molecule has 1 N–H and O–H groups in total. The van der Waals surface area contributed by atoms with Crippen LogP contribution in [0.15, 0.2) is 11.6 Å². The molecule has 1 rings (SSSR count). The zero-order valence-electron chi connectivity index (χ0n) is 11.4. The summed E-state index contributed by atoms with van der Waals surface area (Å²) in [5, 5.41) is 3.65. The Morgan fingerprint density at radius 1 is 1.44 bits per heavy atom. The van der Waals surface area contributed by atoms with Gasteiger partial charge in [0.1, 0.15) is 0 Å². The first-order chi connectivity index (χ1) is 7.63. The molecule has 2 nitrogen and oxygen atoms in total. The van der Waals surface area contributed by atoms with Crippen LogP contribution in [0.5, 0.6) is 0 Å². The van der Waals surface area contributed by atoms with Crippen molar-refractivity contribution < 1.29 is 0 Å². The molecule has 1 heterocycles. The summed E-state index contributed by atoms with van der Waals surface area (Å²) in [7, 11) is 0. The van der Waals surface area contributed by atoms with Crippen LogP contribution in [0, 0.1) is 0 Å². The number of hydrogen-bond acceptors (Lipinski definition) is 2. The molecule has 2 atom stereocenters. The SMILES string of the molecule is CCCNC1CCN(CC=C(C)C)C(C)C1. The molecule has 0 saturated carbocycles. The number of nitrogens with one attached hydrogen (secondary N) is 1. The van der Waals surface area contributed by atoms with Gasteiger partial charge in [0.15, 0.2) is 0 Å². The van der Waals surface area contributed by atoms with Crippen LogP contribution in [-0.4, -0.2) is 36.6 Å². The van der Waals surface area contributed by atoms with Crippen molar-refractivity contribution >= 4 is 0 Å². The molecule has 0 bridgehead atoms. The Labute approximate surface area is 101 Å². The van der Waals surface area contributed by atoms with Crippen molar-refractivity contribution in [1.29, 1.82) is 0 Å². The van der Waals surface area contributed by atoms with E-state index in [-0.39, 0.29) is 0 Å². The molecular weight excluding hydrogens is 196 g/mol. The van der Waals surface area contributed by atoms with Crippen LogP contribution in [0.2, 0.25) is 0 Å². The Bertz CT molecular complexity index is 219. The maximum absolute atomic E-state index is 3.65. The van der Waals surface area contributed by atoms with Crippen molar-refractivity contribution in [2.24, 2.45) is 0 Å². The second kappa shape index (κ2) is 7.08. The van der Waals surface area contributed by atoms with Gasteiger partial charge < -0.3 is 5.32 Å². The average molecular weight is 224 g/mol. The molecule has 0 radical (unpaired) electrons. The van der Waals surface area contributed by atoms with Gasteiger partial charge in [-0.2, -0.15) is 0 Å². The van der Waals surface area contributed by atoms with Crippen LogP contribution in [0.3, 0.4) is 0 Å². The van der Waals surface area contributed by atoms with Crippen LogP contribution in [0.25, 0.3) is 0 Å². The lowest BCUT2D eigenvalue weighted by Crippen LogP contribution is -2.47. The second-order valence-electron chi connectivity index (χ2n) is 5.30. The largest absolute Gasteiger partial charge is 0.314 e. The lowest BCUT2D eigenvalue weighted by Gasteiger charge is -2.37. The Kier molecular flexibility index (Phi) is 6.07. The molecule has 0 aromatic rings. The third kappa shape index (κ3) is 4.67. The first kappa shape index (κ1) is 13.7. The maximum Gasteiger partial charge on any atom is 0.0168 e. The number of likely N-dealkylation sites (tertiary alicyclic amines) is 1. The van der Waals surface area contributed by atoms with Gasteiger partial charge in [-0.25, -0.2) is 0 Å². The summed E-state index contributed by atoms with van der Waals surface area (Å²) in [6, 6.07) is 1.47. The lowest BCUT2D eigenvalue weighted by atomic mass is 9.98. The van der Waals surface area contributed by atoms with Crippen LogP contribution < -0.4 is 5.32 Å². The Hall–Kier alpha value is -0.340.